The van der Waals surface area contributed by atoms with Crippen LogP contribution in [0.15, 0.2) is 48.5 Å². The van der Waals surface area contributed by atoms with E-state index >= 15 is 0 Å². The van der Waals surface area contributed by atoms with Crippen molar-refractivity contribution >= 4 is 17.5 Å². The van der Waals surface area contributed by atoms with E-state index in [4.69, 9.17) is 0 Å². The van der Waals surface area contributed by atoms with Crippen LogP contribution in [0.4, 0.5) is 10.1 Å². The summed E-state index contributed by atoms with van der Waals surface area (Å²) in [6.07, 6.45) is 2.01. The zero-order valence-corrected chi connectivity index (χ0v) is 14.6. The molecule has 1 aliphatic rings. The van der Waals surface area contributed by atoms with E-state index < -0.39 is 0 Å². The molecule has 1 aliphatic carbocycles. The molecule has 1 atom stereocenters. The molecule has 0 aliphatic heterocycles. The summed E-state index contributed by atoms with van der Waals surface area (Å²) in [5.74, 6) is -0.707. The molecular formula is C20H22FN3O2. The Hall–Kier alpha value is -2.73. The van der Waals surface area contributed by atoms with Crippen LogP contribution in [0, 0.1) is 5.82 Å². The van der Waals surface area contributed by atoms with Gasteiger partial charge in [-0.25, -0.2) is 4.39 Å². The number of carbonyl (C=O) groups excluding carboxylic acids is 2. The number of benzene rings is 2. The predicted octanol–water partition coefficient (Wildman–Crippen LogP) is 3.01. The molecule has 0 bridgehead atoms. The summed E-state index contributed by atoms with van der Waals surface area (Å²) >= 11 is 0. The Morgan fingerprint density at radius 2 is 1.81 bits per heavy atom. The fourth-order valence-electron chi connectivity index (χ4n) is 2.59. The van der Waals surface area contributed by atoms with Crippen LogP contribution in [-0.2, 0) is 4.79 Å². The van der Waals surface area contributed by atoms with Crippen LogP contribution >= 0.6 is 0 Å². The van der Waals surface area contributed by atoms with Gasteiger partial charge in [-0.15, -0.1) is 0 Å². The fourth-order valence-corrected chi connectivity index (χ4v) is 2.59. The lowest BCUT2D eigenvalue weighted by Gasteiger charge is -2.15. The number of carbonyl (C=O) groups is 2. The van der Waals surface area contributed by atoms with Crippen LogP contribution in [-0.4, -0.2) is 24.4 Å². The molecule has 0 unspecified atom stereocenters. The highest BCUT2D eigenvalue weighted by Gasteiger charge is 2.25. The SMILES string of the molecule is C[C@H](NCC(=O)Nc1ccccc1C(=O)NC1CC1)c1ccc(F)cc1. The first-order valence-electron chi connectivity index (χ1n) is 8.71. The molecule has 0 spiro atoms. The van der Waals surface area contributed by atoms with Crippen molar-refractivity contribution < 1.29 is 14.0 Å². The molecule has 0 heterocycles. The second kappa shape index (κ2) is 8.10. The minimum Gasteiger partial charge on any atom is -0.349 e. The summed E-state index contributed by atoms with van der Waals surface area (Å²) in [6, 6.07) is 13.3. The highest BCUT2D eigenvalue weighted by atomic mass is 19.1. The van der Waals surface area contributed by atoms with Gasteiger partial charge in [0.15, 0.2) is 0 Å². The molecule has 0 aromatic heterocycles. The van der Waals surface area contributed by atoms with Crippen molar-refractivity contribution in [3.05, 3.63) is 65.5 Å². The van der Waals surface area contributed by atoms with Crippen molar-refractivity contribution in [2.75, 3.05) is 11.9 Å². The van der Waals surface area contributed by atoms with Gasteiger partial charge in [0.1, 0.15) is 5.82 Å². The summed E-state index contributed by atoms with van der Waals surface area (Å²) < 4.78 is 13.0. The molecular weight excluding hydrogens is 333 g/mol. The zero-order valence-electron chi connectivity index (χ0n) is 14.6. The normalized spacial score (nSPS) is 14.5. The highest BCUT2D eigenvalue weighted by Crippen LogP contribution is 2.21. The quantitative estimate of drug-likeness (QED) is 0.715. The number of halogens is 1. The smallest absolute Gasteiger partial charge is 0.253 e. The molecule has 26 heavy (non-hydrogen) atoms. The molecule has 0 saturated heterocycles. The third-order valence-electron chi connectivity index (χ3n) is 4.30. The van der Waals surface area contributed by atoms with Crippen LogP contribution in [0.1, 0.15) is 41.7 Å². The third-order valence-corrected chi connectivity index (χ3v) is 4.30. The largest absolute Gasteiger partial charge is 0.349 e. The second-order valence-corrected chi connectivity index (χ2v) is 6.50. The minimum atomic E-state index is -0.292. The molecule has 1 saturated carbocycles. The van der Waals surface area contributed by atoms with Crippen molar-refractivity contribution in [3.8, 4) is 0 Å². The van der Waals surface area contributed by atoms with Crippen molar-refractivity contribution in [1.29, 1.82) is 0 Å². The van der Waals surface area contributed by atoms with Gasteiger partial charge in [-0.3, -0.25) is 9.59 Å². The fraction of sp³-hybridized carbons (Fsp3) is 0.300. The van der Waals surface area contributed by atoms with Gasteiger partial charge < -0.3 is 16.0 Å². The van der Waals surface area contributed by atoms with E-state index in [2.05, 4.69) is 16.0 Å². The molecule has 2 aromatic carbocycles. The standard InChI is InChI=1S/C20H22FN3O2/c1-13(14-6-8-15(21)9-7-14)22-12-19(25)24-18-5-3-2-4-17(18)20(26)23-16-10-11-16/h2-9,13,16,22H,10-12H2,1H3,(H,23,26)(H,24,25)/t13-/m0/s1. The maximum Gasteiger partial charge on any atom is 0.253 e. The van der Waals surface area contributed by atoms with E-state index in [9.17, 15) is 14.0 Å². The maximum absolute atomic E-state index is 13.0. The van der Waals surface area contributed by atoms with E-state index in [1.54, 1.807) is 36.4 Å². The minimum absolute atomic E-state index is 0.0805. The number of hydrogen-bond acceptors (Lipinski definition) is 3. The number of hydrogen-bond donors (Lipinski definition) is 3. The van der Waals surface area contributed by atoms with Crippen molar-refractivity contribution in [2.24, 2.45) is 0 Å². The summed E-state index contributed by atoms with van der Waals surface area (Å²) in [5.41, 5.74) is 1.84. The van der Waals surface area contributed by atoms with Gasteiger partial charge in [0.25, 0.3) is 5.91 Å². The Balaban J connectivity index is 1.56. The predicted molar refractivity (Wildman–Crippen MR) is 98.4 cm³/mol. The molecule has 3 rings (SSSR count). The number of nitrogens with one attached hydrogen (secondary N) is 3. The van der Waals surface area contributed by atoms with E-state index in [-0.39, 0.29) is 36.3 Å². The van der Waals surface area contributed by atoms with E-state index in [0.717, 1.165) is 18.4 Å². The van der Waals surface area contributed by atoms with Gasteiger partial charge in [0.2, 0.25) is 5.91 Å². The molecule has 5 nitrogen and oxygen atoms in total. The topological polar surface area (TPSA) is 70.2 Å². The average molecular weight is 355 g/mol. The number of amides is 2. The van der Waals surface area contributed by atoms with Crippen LogP contribution in [0.2, 0.25) is 0 Å². The monoisotopic (exact) mass is 355 g/mol. The Kier molecular flexibility index (Phi) is 5.63. The van der Waals surface area contributed by atoms with Gasteiger partial charge in [0, 0.05) is 12.1 Å². The molecule has 2 amide bonds. The average Bonchev–Trinajstić information content (AvgIpc) is 3.44. The Morgan fingerprint density at radius 3 is 2.50 bits per heavy atom. The van der Waals surface area contributed by atoms with E-state index in [1.165, 1.54) is 12.1 Å². The Labute approximate surface area is 152 Å². The molecule has 136 valence electrons. The van der Waals surface area contributed by atoms with Crippen LogP contribution in [0.5, 0.6) is 0 Å². The van der Waals surface area contributed by atoms with Crippen molar-refractivity contribution in [3.63, 3.8) is 0 Å². The number of rotatable bonds is 7. The van der Waals surface area contributed by atoms with Gasteiger partial charge in [-0.2, -0.15) is 0 Å². The number of anilines is 1. The third kappa shape index (κ3) is 4.89. The molecule has 1 fully saturated rings. The maximum atomic E-state index is 13.0. The lowest BCUT2D eigenvalue weighted by Crippen LogP contribution is -2.31. The van der Waals surface area contributed by atoms with Crippen LogP contribution < -0.4 is 16.0 Å². The summed E-state index contributed by atoms with van der Waals surface area (Å²) in [4.78, 5) is 24.5. The van der Waals surface area contributed by atoms with Gasteiger partial charge in [-0.05, 0) is 49.6 Å². The molecule has 3 N–H and O–H groups in total. The lowest BCUT2D eigenvalue weighted by molar-refractivity contribution is -0.115. The van der Waals surface area contributed by atoms with Crippen LogP contribution in [0.25, 0.3) is 0 Å². The van der Waals surface area contributed by atoms with Gasteiger partial charge in [0.05, 0.1) is 17.8 Å². The first-order valence-corrected chi connectivity index (χ1v) is 8.71. The summed E-state index contributed by atoms with van der Waals surface area (Å²) in [5, 5.41) is 8.80. The number of para-hydroxylation sites is 1. The lowest BCUT2D eigenvalue weighted by atomic mass is 10.1. The first kappa shape index (κ1) is 18.1. The van der Waals surface area contributed by atoms with Crippen molar-refractivity contribution in [1.82, 2.24) is 10.6 Å². The first-order chi connectivity index (χ1) is 12.5. The Morgan fingerprint density at radius 1 is 1.12 bits per heavy atom. The van der Waals surface area contributed by atoms with Crippen molar-refractivity contribution in [2.45, 2.75) is 31.8 Å². The molecule has 6 heteroatoms. The van der Waals surface area contributed by atoms with Crippen LogP contribution in [0.3, 0.4) is 0 Å². The van der Waals surface area contributed by atoms with Gasteiger partial charge >= 0.3 is 0 Å². The van der Waals surface area contributed by atoms with E-state index in [0.29, 0.717) is 11.3 Å². The second-order valence-electron chi connectivity index (χ2n) is 6.50. The zero-order chi connectivity index (χ0) is 18.5. The van der Waals surface area contributed by atoms with E-state index in [1.807, 2.05) is 6.92 Å². The molecule has 2 aromatic rings. The summed E-state index contributed by atoms with van der Waals surface area (Å²) in [7, 11) is 0. The van der Waals surface area contributed by atoms with Gasteiger partial charge in [-0.1, -0.05) is 24.3 Å². The Bertz CT molecular complexity index is 788. The highest BCUT2D eigenvalue weighted by molar-refractivity contribution is 6.04. The summed E-state index contributed by atoms with van der Waals surface area (Å²) in [6.45, 7) is 1.98. The molecule has 0 radical (unpaired) electrons.